The van der Waals surface area contributed by atoms with Gasteiger partial charge in [-0.1, -0.05) is 6.92 Å². The summed E-state index contributed by atoms with van der Waals surface area (Å²) in [7, 11) is 2.17. The van der Waals surface area contributed by atoms with E-state index in [4.69, 9.17) is 4.42 Å². The Kier molecular flexibility index (Phi) is 5.60. The van der Waals surface area contributed by atoms with Gasteiger partial charge < -0.3 is 14.2 Å². The number of carbonyl (C=O) groups excluding carboxylic acids is 1. The lowest BCUT2D eigenvalue weighted by Crippen LogP contribution is -2.54. The average molecular weight is 374 g/mol. The molecule has 1 aromatic heterocycles. The highest BCUT2D eigenvalue weighted by Crippen LogP contribution is 2.41. The molecule has 3 aliphatic rings. The van der Waals surface area contributed by atoms with Crippen LogP contribution < -0.4 is 0 Å². The molecule has 1 atom stereocenters. The lowest BCUT2D eigenvalue weighted by Gasteiger charge is -2.49. The van der Waals surface area contributed by atoms with E-state index in [0.717, 1.165) is 82.9 Å². The number of likely N-dealkylation sites (tertiary alicyclic amines) is 3. The predicted molar refractivity (Wildman–Crippen MR) is 106 cm³/mol. The Balaban J connectivity index is 1.32. The summed E-state index contributed by atoms with van der Waals surface area (Å²) >= 11 is 0. The van der Waals surface area contributed by atoms with Crippen molar-refractivity contribution in [2.24, 2.45) is 5.41 Å². The molecular formula is C22H35N3O2. The monoisotopic (exact) mass is 373 g/mol. The highest BCUT2D eigenvalue weighted by atomic mass is 16.3. The number of piperidine rings is 2. The van der Waals surface area contributed by atoms with Crippen LogP contribution in [0.1, 0.15) is 57.0 Å². The largest absolute Gasteiger partial charge is 0.465 e. The molecule has 1 amide bonds. The van der Waals surface area contributed by atoms with Gasteiger partial charge in [0.1, 0.15) is 11.5 Å². The van der Waals surface area contributed by atoms with E-state index in [0.29, 0.717) is 17.4 Å². The minimum Gasteiger partial charge on any atom is -0.465 e. The van der Waals surface area contributed by atoms with Crippen molar-refractivity contribution in [3.05, 3.63) is 23.7 Å². The van der Waals surface area contributed by atoms with Crippen LogP contribution in [0.4, 0.5) is 0 Å². The van der Waals surface area contributed by atoms with Crippen molar-refractivity contribution in [1.29, 1.82) is 0 Å². The molecule has 0 aliphatic carbocycles. The molecule has 4 heterocycles. The zero-order chi connectivity index (χ0) is 18.9. The van der Waals surface area contributed by atoms with Gasteiger partial charge in [-0.25, -0.2) is 0 Å². The van der Waals surface area contributed by atoms with E-state index < -0.39 is 0 Å². The highest BCUT2D eigenvalue weighted by molar-refractivity contribution is 5.77. The van der Waals surface area contributed by atoms with Crippen LogP contribution in [0, 0.1) is 5.41 Å². The molecule has 1 spiro atoms. The predicted octanol–water partition coefficient (Wildman–Crippen LogP) is 3.14. The number of hydrogen-bond acceptors (Lipinski definition) is 4. The number of rotatable bonds is 5. The molecule has 5 heteroatoms. The third-order valence-electron chi connectivity index (χ3n) is 7.01. The Hall–Kier alpha value is -1.33. The van der Waals surface area contributed by atoms with Gasteiger partial charge >= 0.3 is 0 Å². The third kappa shape index (κ3) is 4.24. The second-order valence-corrected chi connectivity index (χ2v) is 9.12. The van der Waals surface area contributed by atoms with Crippen LogP contribution in [0.3, 0.4) is 0 Å². The Bertz CT molecular complexity index is 648. The van der Waals surface area contributed by atoms with Gasteiger partial charge in [-0.2, -0.15) is 0 Å². The fourth-order valence-corrected chi connectivity index (χ4v) is 5.25. The summed E-state index contributed by atoms with van der Waals surface area (Å²) in [5.41, 5.74) is 0.349. The summed E-state index contributed by atoms with van der Waals surface area (Å²) in [5, 5.41) is 0. The Morgan fingerprint density at radius 1 is 1.15 bits per heavy atom. The van der Waals surface area contributed by atoms with Gasteiger partial charge in [-0.05, 0) is 76.3 Å². The first kappa shape index (κ1) is 19.0. The van der Waals surface area contributed by atoms with Crippen LogP contribution in [0.25, 0.3) is 0 Å². The van der Waals surface area contributed by atoms with Crippen molar-refractivity contribution in [2.45, 2.75) is 64.5 Å². The maximum Gasteiger partial charge on any atom is 0.222 e. The number of furan rings is 1. The number of nitrogens with zero attached hydrogens (tertiary/aromatic N) is 3. The summed E-state index contributed by atoms with van der Waals surface area (Å²) in [6.07, 6.45) is 7.56. The highest BCUT2D eigenvalue weighted by Gasteiger charge is 2.43. The maximum absolute atomic E-state index is 12.6. The molecule has 0 aromatic carbocycles. The zero-order valence-electron chi connectivity index (χ0n) is 17.1. The van der Waals surface area contributed by atoms with Gasteiger partial charge in [-0.3, -0.25) is 9.69 Å². The van der Waals surface area contributed by atoms with Crippen LogP contribution in [-0.2, 0) is 17.8 Å². The maximum atomic E-state index is 12.6. The first-order valence-corrected chi connectivity index (χ1v) is 10.8. The molecule has 0 radical (unpaired) electrons. The Labute approximate surface area is 163 Å². The van der Waals surface area contributed by atoms with E-state index in [1.807, 2.05) is 0 Å². The van der Waals surface area contributed by atoms with Gasteiger partial charge in [0.2, 0.25) is 5.91 Å². The topological polar surface area (TPSA) is 39.9 Å². The minimum absolute atomic E-state index is 0.349. The number of hydrogen-bond donors (Lipinski definition) is 0. The summed E-state index contributed by atoms with van der Waals surface area (Å²) in [5.74, 6) is 2.61. The van der Waals surface area contributed by atoms with Gasteiger partial charge in [-0.15, -0.1) is 0 Å². The van der Waals surface area contributed by atoms with Crippen LogP contribution in [-0.4, -0.2) is 66.4 Å². The quantitative estimate of drug-likeness (QED) is 0.795. The number of carbonyl (C=O) groups is 1. The molecule has 0 bridgehead atoms. The van der Waals surface area contributed by atoms with Gasteiger partial charge in [0.05, 0.1) is 6.54 Å². The normalized spacial score (nSPS) is 27.0. The molecule has 27 heavy (non-hydrogen) atoms. The van der Waals surface area contributed by atoms with E-state index in [2.05, 4.69) is 40.8 Å². The number of amides is 1. The molecule has 0 saturated carbocycles. The lowest BCUT2D eigenvalue weighted by atomic mass is 9.72. The van der Waals surface area contributed by atoms with Crippen molar-refractivity contribution >= 4 is 5.91 Å². The Morgan fingerprint density at radius 2 is 1.93 bits per heavy atom. The molecule has 5 nitrogen and oxygen atoms in total. The van der Waals surface area contributed by atoms with Crippen LogP contribution >= 0.6 is 0 Å². The molecule has 3 fully saturated rings. The van der Waals surface area contributed by atoms with E-state index in [-0.39, 0.29) is 0 Å². The van der Waals surface area contributed by atoms with Crippen molar-refractivity contribution in [1.82, 2.24) is 14.7 Å². The first-order valence-electron chi connectivity index (χ1n) is 10.8. The Morgan fingerprint density at radius 3 is 2.63 bits per heavy atom. The molecule has 4 rings (SSSR count). The standard InChI is InChI=1S/C22H35N3O2/c1-3-4-19-5-6-20(27-19)16-24-13-10-22(11-14-24)9-7-21(26)25(17-22)18-8-12-23(2)15-18/h5-6,18H,3-4,7-17H2,1-2H3/t18-/m1/s1. The van der Waals surface area contributed by atoms with Crippen molar-refractivity contribution in [3.63, 3.8) is 0 Å². The summed E-state index contributed by atoms with van der Waals surface area (Å²) < 4.78 is 5.97. The zero-order valence-corrected chi connectivity index (χ0v) is 17.1. The molecule has 150 valence electrons. The van der Waals surface area contributed by atoms with E-state index in [1.165, 1.54) is 12.8 Å². The summed E-state index contributed by atoms with van der Waals surface area (Å²) in [4.78, 5) is 19.7. The van der Waals surface area contributed by atoms with Gasteiger partial charge in [0.15, 0.2) is 0 Å². The fraction of sp³-hybridized carbons (Fsp3) is 0.773. The molecular weight excluding hydrogens is 338 g/mol. The smallest absolute Gasteiger partial charge is 0.222 e. The second kappa shape index (κ2) is 7.96. The summed E-state index contributed by atoms with van der Waals surface area (Å²) in [6, 6.07) is 4.72. The molecule has 1 aromatic rings. The van der Waals surface area contributed by atoms with Gasteiger partial charge in [0.25, 0.3) is 0 Å². The SMILES string of the molecule is CCCc1ccc(CN2CCC3(CCC(=O)N([C@@H]4CCN(C)C4)C3)CC2)o1. The molecule has 0 unspecified atom stereocenters. The van der Waals surface area contributed by atoms with E-state index >= 15 is 0 Å². The van der Waals surface area contributed by atoms with Crippen molar-refractivity contribution in [3.8, 4) is 0 Å². The second-order valence-electron chi connectivity index (χ2n) is 9.12. The van der Waals surface area contributed by atoms with Crippen LogP contribution in [0.5, 0.6) is 0 Å². The number of aryl methyl sites for hydroxylation is 1. The third-order valence-corrected chi connectivity index (χ3v) is 7.01. The molecule has 0 N–H and O–H groups in total. The summed E-state index contributed by atoms with van der Waals surface area (Å²) in [6.45, 7) is 8.52. The lowest BCUT2D eigenvalue weighted by molar-refractivity contribution is -0.142. The number of likely N-dealkylation sites (N-methyl/N-ethyl adjacent to an activating group) is 1. The van der Waals surface area contributed by atoms with E-state index in [9.17, 15) is 4.79 Å². The average Bonchev–Trinajstić information content (AvgIpc) is 3.29. The molecule has 3 aliphatic heterocycles. The molecule has 3 saturated heterocycles. The van der Waals surface area contributed by atoms with Gasteiger partial charge in [0, 0.05) is 32.0 Å². The minimum atomic E-state index is 0.349. The fourth-order valence-electron chi connectivity index (χ4n) is 5.25. The first-order chi connectivity index (χ1) is 13.1. The van der Waals surface area contributed by atoms with Crippen LogP contribution in [0.15, 0.2) is 16.5 Å². The van der Waals surface area contributed by atoms with Crippen molar-refractivity contribution in [2.75, 3.05) is 39.8 Å². The van der Waals surface area contributed by atoms with Crippen LogP contribution in [0.2, 0.25) is 0 Å². The van der Waals surface area contributed by atoms with E-state index in [1.54, 1.807) is 0 Å². The van der Waals surface area contributed by atoms with Crippen molar-refractivity contribution < 1.29 is 9.21 Å².